The third-order valence-electron chi connectivity index (χ3n) is 4.66. The number of hydrogen-bond donors (Lipinski definition) is 1. The van der Waals surface area contributed by atoms with Gasteiger partial charge in [0.25, 0.3) is 5.91 Å². The van der Waals surface area contributed by atoms with Crippen molar-refractivity contribution in [3.63, 3.8) is 0 Å². The summed E-state index contributed by atoms with van der Waals surface area (Å²) in [6.07, 6.45) is 7.09. The summed E-state index contributed by atoms with van der Waals surface area (Å²) in [6, 6.07) is 3.78. The molecule has 3 heterocycles. The summed E-state index contributed by atoms with van der Waals surface area (Å²) >= 11 is 0. The van der Waals surface area contributed by atoms with Crippen molar-refractivity contribution in [3.05, 3.63) is 36.5 Å². The molecule has 7 heteroatoms. The van der Waals surface area contributed by atoms with Crippen LogP contribution in [-0.4, -0.2) is 56.2 Å². The lowest BCUT2D eigenvalue weighted by Crippen LogP contribution is -2.45. The van der Waals surface area contributed by atoms with E-state index in [9.17, 15) is 4.79 Å². The molecule has 0 unspecified atom stereocenters. The number of hydrogen-bond acceptors (Lipinski definition) is 5. The molecule has 0 saturated carbocycles. The molecule has 1 aliphatic rings. The molecule has 0 aromatic carbocycles. The van der Waals surface area contributed by atoms with E-state index in [2.05, 4.69) is 39.1 Å². The van der Waals surface area contributed by atoms with Crippen LogP contribution in [0.1, 0.15) is 37.0 Å². The zero-order chi connectivity index (χ0) is 16.9. The fourth-order valence-corrected chi connectivity index (χ4v) is 2.95. The first-order chi connectivity index (χ1) is 11.6. The number of nitrogens with one attached hydrogen (secondary N) is 1. The second kappa shape index (κ2) is 7.53. The molecular weight excluding hydrogens is 304 g/mol. The van der Waals surface area contributed by atoms with E-state index in [1.165, 1.54) is 23.9 Å². The molecule has 2 aromatic rings. The number of carbonyl (C=O) groups is 1. The predicted molar refractivity (Wildman–Crippen MR) is 90.9 cm³/mol. The second-order valence-corrected chi connectivity index (χ2v) is 6.52. The van der Waals surface area contributed by atoms with Gasteiger partial charge in [-0.2, -0.15) is 5.10 Å². The number of pyridine rings is 1. The highest BCUT2D eigenvalue weighted by Crippen LogP contribution is 2.17. The van der Waals surface area contributed by atoms with Crippen LogP contribution >= 0.6 is 0 Å². The van der Waals surface area contributed by atoms with Gasteiger partial charge in [0.05, 0.1) is 0 Å². The van der Waals surface area contributed by atoms with E-state index >= 15 is 0 Å². The first kappa shape index (κ1) is 16.6. The first-order valence-corrected chi connectivity index (χ1v) is 8.47. The number of nitrogens with zero attached hydrogens (tertiary/aromatic N) is 5. The Balaban J connectivity index is 1.56. The number of aromatic nitrogens is 4. The van der Waals surface area contributed by atoms with Crippen LogP contribution < -0.4 is 5.32 Å². The summed E-state index contributed by atoms with van der Waals surface area (Å²) in [7, 11) is 0. The highest BCUT2D eigenvalue weighted by molar-refractivity contribution is 5.94. The van der Waals surface area contributed by atoms with Gasteiger partial charge in [0.15, 0.2) is 5.82 Å². The smallest absolute Gasteiger partial charge is 0.251 e. The Morgan fingerprint density at radius 1 is 1.42 bits per heavy atom. The molecule has 1 aliphatic heterocycles. The number of rotatable bonds is 5. The fourth-order valence-electron chi connectivity index (χ4n) is 2.95. The van der Waals surface area contributed by atoms with E-state index in [0.29, 0.717) is 24.0 Å². The van der Waals surface area contributed by atoms with Crippen molar-refractivity contribution in [2.75, 3.05) is 19.6 Å². The van der Waals surface area contributed by atoms with Crippen LogP contribution in [0.4, 0.5) is 0 Å². The van der Waals surface area contributed by atoms with Crippen molar-refractivity contribution in [1.82, 2.24) is 30.0 Å². The predicted octanol–water partition coefficient (Wildman–Crippen LogP) is 1.51. The number of amides is 1. The molecule has 24 heavy (non-hydrogen) atoms. The Kier molecular flexibility index (Phi) is 5.20. The molecule has 0 spiro atoms. The van der Waals surface area contributed by atoms with Crippen LogP contribution in [0.3, 0.4) is 0 Å². The molecule has 0 radical (unpaired) electrons. The van der Waals surface area contributed by atoms with Crippen LogP contribution in [0.15, 0.2) is 31.0 Å². The van der Waals surface area contributed by atoms with Crippen molar-refractivity contribution >= 4 is 5.91 Å². The summed E-state index contributed by atoms with van der Waals surface area (Å²) in [4.78, 5) is 23.0. The Morgan fingerprint density at radius 2 is 2.21 bits per heavy atom. The van der Waals surface area contributed by atoms with E-state index in [4.69, 9.17) is 0 Å². The van der Waals surface area contributed by atoms with E-state index in [1.807, 2.05) is 0 Å². The summed E-state index contributed by atoms with van der Waals surface area (Å²) in [5.41, 5.74) is 0.579. The van der Waals surface area contributed by atoms with Gasteiger partial charge in [-0.15, -0.1) is 0 Å². The van der Waals surface area contributed by atoms with Gasteiger partial charge in [-0.25, -0.2) is 14.6 Å². The lowest BCUT2D eigenvalue weighted by molar-refractivity contribution is 0.0921. The average Bonchev–Trinajstić information content (AvgIpc) is 3.15. The molecule has 1 atom stereocenters. The normalized spacial score (nSPS) is 17.6. The summed E-state index contributed by atoms with van der Waals surface area (Å²) < 4.78 is 1.54. The molecule has 1 saturated heterocycles. The minimum atomic E-state index is -0.0870. The Labute approximate surface area is 142 Å². The summed E-state index contributed by atoms with van der Waals surface area (Å²) in [5, 5.41) is 7.06. The topological polar surface area (TPSA) is 75.9 Å². The largest absolute Gasteiger partial charge is 0.350 e. The van der Waals surface area contributed by atoms with Gasteiger partial charge in [0.1, 0.15) is 12.7 Å². The minimum absolute atomic E-state index is 0.0870. The molecule has 0 bridgehead atoms. The molecule has 1 fully saturated rings. The Bertz CT molecular complexity index is 663. The van der Waals surface area contributed by atoms with Gasteiger partial charge in [-0.05, 0) is 50.9 Å². The molecule has 2 aromatic heterocycles. The van der Waals surface area contributed by atoms with Gasteiger partial charge in [-0.1, -0.05) is 6.92 Å². The maximum absolute atomic E-state index is 12.4. The highest BCUT2D eigenvalue weighted by atomic mass is 16.1. The number of carbonyl (C=O) groups excluding carboxylic acids is 1. The first-order valence-electron chi connectivity index (χ1n) is 8.47. The van der Waals surface area contributed by atoms with Crippen LogP contribution in [0.25, 0.3) is 5.82 Å². The highest BCUT2D eigenvalue weighted by Gasteiger charge is 2.20. The van der Waals surface area contributed by atoms with Gasteiger partial charge in [0.2, 0.25) is 0 Å². The summed E-state index contributed by atoms with van der Waals surface area (Å²) in [5.74, 6) is 1.31. The molecular formula is C17H24N6O. The van der Waals surface area contributed by atoms with E-state index in [1.54, 1.807) is 24.7 Å². The minimum Gasteiger partial charge on any atom is -0.350 e. The van der Waals surface area contributed by atoms with Crippen LogP contribution in [-0.2, 0) is 0 Å². The lowest BCUT2D eigenvalue weighted by atomic mass is 9.98. The van der Waals surface area contributed by atoms with Crippen LogP contribution in [0, 0.1) is 5.92 Å². The van der Waals surface area contributed by atoms with Crippen molar-refractivity contribution in [2.45, 2.75) is 32.7 Å². The molecule has 1 N–H and O–H groups in total. The zero-order valence-corrected chi connectivity index (χ0v) is 14.2. The SMILES string of the molecule is CC1CCN([C@H](C)CNC(=O)c2ccnc(-n3cncn3)c2)CC1. The van der Waals surface area contributed by atoms with Gasteiger partial charge in [-0.3, -0.25) is 9.69 Å². The number of likely N-dealkylation sites (tertiary alicyclic amines) is 1. The maximum Gasteiger partial charge on any atom is 0.251 e. The van der Waals surface area contributed by atoms with Crippen molar-refractivity contribution in [3.8, 4) is 5.82 Å². The summed E-state index contributed by atoms with van der Waals surface area (Å²) in [6.45, 7) is 7.35. The molecule has 1 amide bonds. The fraction of sp³-hybridized carbons (Fsp3) is 0.529. The van der Waals surface area contributed by atoms with E-state index in [-0.39, 0.29) is 5.91 Å². The molecule has 128 valence electrons. The van der Waals surface area contributed by atoms with Gasteiger partial charge in [0, 0.05) is 24.3 Å². The van der Waals surface area contributed by atoms with Crippen LogP contribution in [0.2, 0.25) is 0 Å². The Morgan fingerprint density at radius 3 is 2.92 bits per heavy atom. The Hall–Kier alpha value is -2.28. The van der Waals surface area contributed by atoms with E-state index in [0.717, 1.165) is 19.0 Å². The maximum atomic E-state index is 12.4. The van der Waals surface area contributed by atoms with Crippen molar-refractivity contribution in [1.29, 1.82) is 0 Å². The van der Waals surface area contributed by atoms with E-state index < -0.39 is 0 Å². The van der Waals surface area contributed by atoms with Gasteiger partial charge >= 0.3 is 0 Å². The quantitative estimate of drug-likeness (QED) is 0.900. The third-order valence-corrected chi connectivity index (χ3v) is 4.66. The zero-order valence-electron chi connectivity index (χ0n) is 14.2. The standard InChI is InChI=1S/C17H24N6O/c1-13-4-7-22(8-5-13)14(2)10-20-17(24)15-3-6-19-16(9-15)23-12-18-11-21-23/h3,6,9,11-14H,4-5,7-8,10H2,1-2H3,(H,20,24)/t14-/m1/s1. The van der Waals surface area contributed by atoms with Crippen molar-refractivity contribution < 1.29 is 4.79 Å². The van der Waals surface area contributed by atoms with Gasteiger partial charge < -0.3 is 5.32 Å². The van der Waals surface area contributed by atoms with Crippen LogP contribution in [0.5, 0.6) is 0 Å². The monoisotopic (exact) mass is 328 g/mol. The number of piperidine rings is 1. The average molecular weight is 328 g/mol. The molecule has 0 aliphatic carbocycles. The van der Waals surface area contributed by atoms with Crippen molar-refractivity contribution in [2.24, 2.45) is 5.92 Å². The third kappa shape index (κ3) is 3.97. The molecule has 7 nitrogen and oxygen atoms in total. The lowest BCUT2D eigenvalue weighted by Gasteiger charge is -2.35. The second-order valence-electron chi connectivity index (χ2n) is 6.52. The molecule has 3 rings (SSSR count).